The second-order valence-corrected chi connectivity index (χ2v) is 7.02. The lowest BCUT2D eigenvalue weighted by Gasteiger charge is -2.16. The van der Waals surface area contributed by atoms with Crippen LogP contribution in [-0.4, -0.2) is 25.1 Å². The first-order chi connectivity index (χ1) is 13.7. The van der Waals surface area contributed by atoms with E-state index in [0.29, 0.717) is 22.7 Å². The standard InChI is InChI=1S/C22H27N3O3/c1-28-20-11-7-6-10-19(20)25-21(26)16-12-14-18(15-13-16)24-22(27)23-17-8-4-2-3-5-9-17/h6-7,10-15,17H,2-5,8-9H2,1H3,(H,25,26)(H2,23,24,27). The summed E-state index contributed by atoms with van der Waals surface area (Å²) in [5.41, 5.74) is 1.76. The molecule has 28 heavy (non-hydrogen) atoms. The minimum Gasteiger partial charge on any atom is -0.495 e. The van der Waals surface area contributed by atoms with Crippen LogP contribution in [0.4, 0.5) is 16.2 Å². The fourth-order valence-electron chi connectivity index (χ4n) is 3.42. The van der Waals surface area contributed by atoms with E-state index >= 15 is 0 Å². The Hall–Kier alpha value is -3.02. The normalized spacial score (nSPS) is 14.6. The maximum absolute atomic E-state index is 12.4. The molecule has 6 nitrogen and oxygen atoms in total. The molecule has 0 atom stereocenters. The Balaban J connectivity index is 1.55. The molecule has 2 aromatic carbocycles. The topological polar surface area (TPSA) is 79.5 Å². The van der Waals surface area contributed by atoms with Gasteiger partial charge in [0.2, 0.25) is 0 Å². The summed E-state index contributed by atoms with van der Waals surface area (Å²) in [7, 11) is 1.56. The number of carbonyl (C=O) groups excluding carboxylic acids is 2. The zero-order valence-electron chi connectivity index (χ0n) is 16.2. The Labute approximate surface area is 165 Å². The zero-order chi connectivity index (χ0) is 19.8. The predicted molar refractivity (Wildman–Crippen MR) is 111 cm³/mol. The number of anilines is 2. The quantitative estimate of drug-likeness (QED) is 0.652. The molecule has 1 fully saturated rings. The van der Waals surface area contributed by atoms with Crippen LogP contribution in [0, 0.1) is 0 Å². The van der Waals surface area contributed by atoms with Crippen molar-refractivity contribution < 1.29 is 14.3 Å². The molecule has 0 heterocycles. The van der Waals surface area contributed by atoms with E-state index in [4.69, 9.17) is 4.74 Å². The molecule has 0 unspecified atom stereocenters. The molecule has 2 aromatic rings. The molecule has 0 bridgehead atoms. The van der Waals surface area contributed by atoms with Crippen LogP contribution in [0.2, 0.25) is 0 Å². The van der Waals surface area contributed by atoms with Crippen LogP contribution in [0.1, 0.15) is 48.9 Å². The number of nitrogens with one attached hydrogen (secondary N) is 3. The summed E-state index contributed by atoms with van der Waals surface area (Å²) in [5.74, 6) is 0.364. The summed E-state index contributed by atoms with van der Waals surface area (Å²) >= 11 is 0. The van der Waals surface area contributed by atoms with Crippen molar-refractivity contribution in [3.63, 3.8) is 0 Å². The molecule has 3 rings (SSSR count). The van der Waals surface area contributed by atoms with Gasteiger partial charge < -0.3 is 20.7 Å². The number of hydrogen-bond acceptors (Lipinski definition) is 3. The van der Waals surface area contributed by atoms with Crippen molar-refractivity contribution in [1.29, 1.82) is 0 Å². The molecule has 0 saturated heterocycles. The predicted octanol–water partition coefficient (Wildman–Crippen LogP) is 4.79. The SMILES string of the molecule is COc1ccccc1NC(=O)c1ccc(NC(=O)NC2CCCCCC2)cc1. The van der Waals surface area contributed by atoms with E-state index in [-0.39, 0.29) is 18.0 Å². The van der Waals surface area contributed by atoms with Crippen molar-refractivity contribution >= 4 is 23.3 Å². The van der Waals surface area contributed by atoms with Gasteiger partial charge in [-0.25, -0.2) is 4.79 Å². The first-order valence-corrected chi connectivity index (χ1v) is 9.77. The van der Waals surface area contributed by atoms with E-state index in [1.165, 1.54) is 25.7 Å². The van der Waals surface area contributed by atoms with Crippen LogP contribution in [0.25, 0.3) is 0 Å². The van der Waals surface area contributed by atoms with Gasteiger partial charge in [-0.05, 0) is 49.2 Å². The highest BCUT2D eigenvalue weighted by Gasteiger charge is 2.15. The third-order valence-corrected chi connectivity index (χ3v) is 4.95. The summed E-state index contributed by atoms with van der Waals surface area (Å²) in [6, 6.07) is 14.1. The van der Waals surface area contributed by atoms with Gasteiger partial charge in [0.05, 0.1) is 12.8 Å². The fraction of sp³-hybridized carbons (Fsp3) is 0.364. The van der Waals surface area contributed by atoms with E-state index in [2.05, 4.69) is 16.0 Å². The van der Waals surface area contributed by atoms with Crippen LogP contribution >= 0.6 is 0 Å². The Morgan fingerprint density at radius 2 is 1.57 bits per heavy atom. The summed E-state index contributed by atoms with van der Waals surface area (Å²) in [6.07, 6.45) is 6.91. The van der Waals surface area contributed by atoms with Crippen LogP contribution in [0.5, 0.6) is 5.75 Å². The van der Waals surface area contributed by atoms with Crippen LogP contribution in [0.15, 0.2) is 48.5 Å². The number of hydrogen-bond donors (Lipinski definition) is 3. The van der Waals surface area contributed by atoms with Gasteiger partial charge in [0.1, 0.15) is 5.75 Å². The second kappa shape index (κ2) is 9.78. The number of para-hydroxylation sites is 2. The molecule has 0 aromatic heterocycles. The van der Waals surface area contributed by atoms with Crippen LogP contribution < -0.4 is 20.7 Å². The average Bonchev–Trinajstić information content (AvgIpc) is 2.97. The first-order valence-electron chi connectivity index (χ1n) is 9.77. The zero-order valence-corrected chi connectivity index (χ0v) is 16.2. The Morgan fingerprint density at radius 1 is 0.893 bits per heavy atom. The number of urea groups is 1. The maximum Gasteiger partial charge on any atom is 0.319 e. The van der Waals surface area contributed by atoms with Crippen LogP contribution in [-0.2, 0) is 0 Å². The molecule has 3 N–H and O–H groups in total. The van der Waals surface area contributed by atoms with Gasteiger partial charge in [-0.3, -0.25) is 4.79 Å². The number of rotatable bonds is 5. The van der Waals surface area contributed by atoms with Crippen molar-refractivity contribution in [2.75, 3.05) is 17.7 Å². The van der Waals surface area contributed by atoms with Gasteiger partial charge in [0.25, 0.3) is 5.91 Å². The van der Waals surface area contributed by atoms with Gasteiger partial charge in [0.15, 0.2) is 0 Å². The highest BCUT2D eigenvalue weighted by Crippen LogP contribution is 2.24. The summed E-state index contributed by atoms with van der Waals surface area (Å²) in [6.45, 7) is 0. The minimum atomic E-state index is -0.237. The van der Waals surface area contributed by atoms with E-state index < -0.39 is 0 Å². The van der Waals surface area contributed by atoms with Crippen molar-refractivity contribution in [2.24, 2.45) is 0 Å². The number of amides is 3. The average molecular weight is 381 g/mol. The maximum atomic E-state index is 12.4. The number of methoxy groups -OCH3 is 1. The van der Waals surface area contributed by atoms with Crippen LogP contribution in [0.3, 0.4) is 0 Å². The fourth-order valence-corrected chi connectivity index (χ4v) is 3.42. The monoisotopic (exact) mass is 381 g/mol. The molecule has 0 aliphatic heterocycles. The smallest absolute Gasteiger partial charge is 0.319 e. The Morgan fingerprint density at radius 3 is 2.25 bits per heavy atom. The molecule has 3 amide bonds. The lowest BCUT2D eigenvalue weighted by atomic mass is 10.1. The first kappa shape index (κ1) is 19.7. The summed E-state index contributed by atoms with van der Waals surface area (Å²) in [4.78, 5) is 24.7. The lowest BCUT2D eigenvalue weighted by molar-refractivity contribution is 0.102. The molecule has 6 heteroatoms. The molecular weight excluding hydrogens is 354 g/mol. The van der Waals surface area contributed by atoms with Gasteiger partial charge in [-0.2, -0.15) is 0 Å². The second-order valence-electron chi connectivity index (χ2n) is 7.02. The lowest BCUT2D eigenvalue weighted by Crippen LogP contribution is -2.37. The number of ether oxygens (including phenoxy) is 1. The molecular formula is C22H27N3O3. The van der Waals surface area contributed by atoms with Crippen molar-refractivity contribution in [1.82, 2.24) is 5.32 Å². The summed E-state index contributed by atoms with van der Waals surface area (Å²) in [5, 5.41) is 8.72. The third kappa shape index (κ3) is 5.49. The van der Waals surface area contributed by atoms with E-state index in [1.54, 1.807) is 43.5 Å². The number of carbonyl (C=O) groups is 2. The summed E-state index contributed by atoms with van der Waals surface area (Å²) < 4.78 is 5.25. The number of benzene rings is 2. The van der Waals surface area contributed by atoms with Gasteiger partial charge in [-0.15, -0.1) is 0 Å². The Bertz CT molecular complexity index is 797. The largest absolute Gasteiger partial charge is 0.495 e. The van der Waals surface area contributed by atoms with Gasteiger partial charge >= 0.3 is 6.03 Å². The van der Waals surface area contributed by atoms with Gasteiger partial charge in [0, 0.05) is 17.3 Å². The van der Waals surface area contributed by atoms with E-state index in [1.807, 2.05) is 12.1 Å². The highest BCUT2D eigenvalue weighted by atomic mass is 16.5. The molecule has 148 valence electrons. The Kier molecular flexibility index (Phi) is 6.89. The minimum absolute atomic E-state index is 0.196. The van der Waals surface area contributed by atoms with Crippen molar-refractivity contribution in [3.05, 3.63) is 54.1 Å². The van der Waals surface area contributed by atoms with Crippen molar-refractivity contribution in [3.8, 4) is 5.75 Å². The van der Waals surface area contributed by atoms with Crippen molar-refractivity contribution in [2.45, 2.75) is 44.6 Å². The van der Waals surface area contributed by atoms with E-state index in [0.717, 1.165) is 12.8 Å². The third-order valence-electron chi connectivity index (χ3n) is 4.95. The molecule has 0 radical (unpaired) electrons. The molecule has 1 aliphatic carbocycles. The molecule has 1 saturated carbocycles. The highest BCUT2D eigenvalue weighted by molar-refractivity contribution is 6.05. The molecule has 1 aliphatic rings. The van der Waals surface area contributed by atoms with Gasteiger partial charge in [-0.1, -0.05) is 37.8 Å². The van der Waals surface area contributed by atoms with E-state index in [9.17, 15) is 9.59 Å². The molecule has 0 spiro atoms.